The summed E-state index contributed by atoms with van der Waals surface area (Å²) in [6, 6.07) is 7.06. The Morgan fingerprint density at radius 1 is 1.14 bits per heavy atom. The van der Waals surface area contributed by atoms with Crippen LogP contribution in [0.25, 0.3) is 0 Å². The largest absolute Gasteiger partial charge is 0.486 e. The molecule has 2 heterocycles. The van der Waals surface area contributed by atoms with Gasteiger partial charge >= 0.3 is 12.0 Å². The van der Waals surface area contributed by atoms with Crippen molar-refractivity contribution in [1.82, 2.24) is 10.3 Å². The molecule has 2 N–H and O–H groups in total. The second kappa shape index (κ2) is 9.40. The highest BCUT2D eigenvalue weighted by Gasteiger charge is 2.18. The number of hydrogen-bond donors (Lipinski definition) is 2. The minimum atomic E-state index is -0.796. The molecule has 3 amide bonds. The van der Waals surface area contributed by atoms with E-state index in [-0.39, 0.29) is 11.4 Å². The van der Waals surface area contributed by atoms with Gasteiger partial charge < -0.3 is 24.3 Å². The molecule has 0 radical (unpaired) electrons. The van der Waals surface area contributed by atoms with E-state index >= 15 is 0 Å². The van der Waals surface area contributed by atoms with E-state index < -0.39 is 24.5 Å². The number of esters is 1. The Bertz CT molecular complexity index is 916. The Balaban J connectivity index is 1.49. The highest BCUT2D eigenvalue weighted by Crippen LogP contribution is 2.32. The van der Waals surface area contributed by atoms with E-state index in [1.165, 1.54) is 12.3 Å². The first-order valence-electron chi connectivity index (χ1n) is 8.82. The first kappa shape index (κ1) is 19.9. The zero-order valence-corrected chi connectivity index (χ0v) is 15.6. The van der Waals surface area contributed by atoms with Gasteiger partial charge in [0.2, 0.25) is 5.88 Å². The lowest BCUT2D eigenvalue weighted by molar-refractivity contribution is -0.123. The van der Waals surface area contributed by atoms with Crippen LogP contribution >= 0.6 is 0 Å². The van der Waals surface area contributed by atoms with Crippen molar-refractivity contribution >= 4 is 23.6 Å². The predicted octanol–water partition coefficient (Wildman–Crippen LogP) is 1.76. The van der Waals surface area contributed by atoms with Crippen LogP contribution in [0.15, 0.2) is 36.5 Å². The number of ether oxygens (including phenoxy) is 4. The number of pyridine rings is 1. The fourth-order valence-corrected chi connectivity index (χ4v) is 2.45. The maximum absolute atomic E-state index is 12.1. The molecule has 0 spiro atoms. The number of rotatable bonds is 6. The number of hydrogen-bond acceptors (Lipinski definition) is 8. The zero-order chi connectivity index (χ0) is 20.6. The van der Waals surface area contributed by atoms with Crippen LogP contribution < -0.4 is 24.8 Å². The molecular weight excluding hydrogens is 382 g/mol. The molecule has 0 aliphatic carbocycles. The summed E-state index contributed by atoms with van der Waals surface area (Å²) in [4.78, 5) is 39.9. The highest BCUT2D eigenvalue weighted by molar-refractivity contribution is 6.02. The van der Waals surface area contributed by atoms with Gasteiger partial charge in [0.05, 0.1) is 6.61 Å². The summed E-state index contributed by atoms with van der Waals surface area (Å²) in [5, 5.41) is 4.56. The number of amides is 3. The van der Waals surface area contributed by atoms with E-state index in [2.05, 4.69) is 15.6 Å². The first-order valence-corrected chi connectivity index (χ1v) is 8.82. The van der Waals surface area contributed by atoms with Crippen LogP contribution in [0.1, 0.15) is 17.3 Å². The number of aromatic nitrogens is 1. The highest BCUT2D eigenvalue weighted by atomic mass is 16.6. The van der Waals surface area contributed by atoms with Crippen LogP contribution in [0.3, 0.4) is 0 Å². The van der Waals surface area contributed by atoms with Crippen molar-refractivity contribution in [1.29, 1.82) is 0 Å². The van der Waals surface area contributed by atoms with Crippen molar-refractivity contribution < 1.29 is 33.3 Å². The fraction of sp³-hybridized carbons (Fsp3) is 0.263. The number of benzene rings is 1. The Labute approximate surface area is 166 Å². The third kappa shape index (κ3) is 5.34. The van der Waals surface area contributed by atoms with Crippen molar-refractivity contribution in [3.8, 4) is 17.4 Å². The van der Waals surface area contributed by atoms with E-state index in [9.17, 15) is 14.4 Å². The minimum Gasteiger partial charge on any atom is -0.486 e. The molecule has 152 valence electrons. The number of nitrogens with one attached hydrogen (secondary N) is 2. The van der Waals surface area contributed by atoms with Crippen LogP contribution in [0.4, 0.5) is 10.5 Å². The number of imide groups is 1. The molecule has 0 atom stereocenters. The van der Waals surface area contributed by atoms with Gasteiger partial charge in [-0.15, -0.1) is 0 Å². The summed E-state index contributed by atoms with van der Waals surface area (Å²) < 4.78 is 21.0. The number of nitrogens with zero attached hydrogens (tertiary/aromatic N) is 1. The smallest absolute Gasteiger partial charge is 0.344 e. The number of carbonyl (C=O) groups is 3. The quantitative estimate of drug-likeness (QED) is 0.702. The van der Waals surface area contributed by atoms with Crippen LogP contribution in [0.2, 0.25) is 0 Å². The van der Waals surface area contributed by atoms with Crippen LogP contribution in [0.5, 0.6) is 17.4 Å². The molecule has 0 fully saturated rings. The summed E-state index contributed by atoms with van der Waals surface area (Å²) in [6.45, 7) is 2.29. The standard InChI is InChI=1S/C19H19N3O7/c1-2-26-17-13(4-3-7-20-17)18(24)29-11-16(23)22-19(25)21-12-5-6-14-15(10-12)28-9-8-27-14/h3-7,10H,2,8-9,11H2,1H3,(H2,21,22,23,25). The normalized spacial score (nSPS) is 11.9. The summed E-state index contributed by atoms with van der Waals surface area (Å²) in [5.74, 6) is -0.404. The lowest BCUT2D eigenvalue weighted by atomic mass is 10.2. The Morgan fingerprint density at radius 2 is 1.93 bits per heavy atom. The molecule has 1 aromatic carbocycles. The second-order valence-electron chi connectivity index (χ2n) is 5.73. The van der Waals surface area contributed by atoms with Gasteiger partial charge in [-0.25, -0.2) is 14.6 Å². The Morgan fingerprint density at radius 3 is 2.72 bits per heavy atom. The van der Waals surface area contributed by atoms with Gasteiger partial charge in [-0.2, -0.15) is 0 Å². The average Bonchev–Trinajstić information content (AvgIpc) is 2.72. The maximum atomic E-state index is 12.1. The second-order valence-corrected chi connectivity index (χ2v) is 5.73. The molecule has 10 heteroatoms. The average molecular weight is 401 g/mol. The summed E-state index contributed by atoms with van der Waals surface area (Å²) in [7, 11) is 0. The topological polar surface area (TPSA) is 125 Å². The summed E-state index contributed by atoms with van der Waals surface area (Å²) >= 11 is 0. The van der Waals surface area contributed by atoms with Crippen molar-refractivity contribution in [2.75, 3.05) is 31.7 Å². The van der Waals surface area contributed by atoms with E-state index in [1.807, 2.05) is 0 Å². The Hall–Kier alpha value is -3.82. The van der Waals surface area contributed by atoms with E-state index in [0.717, 1.165) is 0 Å². The molecule has 10 nitrogen and oxygen atoms in total. The SMILES string of the molecule is CCOc1ncccc1C(=O)OCC(=O)NC(=O)Nc1ccc2c(c1)OCCO2. The van der Waals surface area contributed by atoms with E-state index in [1.54, 1.807) is 31.2 Å². The molecular formula is C19H19N3O7. The third-order valence-corrected chi connectivity index (χ3v) is 3.66. The van der Waals surface area contributed by atoms with Gasteiger partial charge in [0, 0.05) is 18.0 Å². The lowest BCUT2D eigenvalue weighted by Gasteiger charge is -2.19. The van der Waals surface area contributed by atoms with E-state index in [4.69, 9.17) is 18.9 Å². The van der Waals surface area contributed by atoms with Crippen LogP contribution in [-0.2, 0) is 9.53 Å². The maximum Gasteiger partial charge on any atom is 0.344 e. The van der Waals surface area contributed by atoms with E-state index in [0.29, 0.717) is 37.0 Å². The molecule has 3 rings (SSSR count). The first-order chi connectivity index (χ1) is 14.1. The molecule has 1 aliphatic heterocycles. The number of urea groups is 1. The molecule has 1 aliphatic rings. The Kier molecular flexibility index (Phi) is 6.46. The summed E-state index contributed by atoms with van der Waals surface area (Å²) in [6.07, 6.45) is 1.47. The van der Waals surface area contributed by atoms with Gasteiger partial charge in [-0.05, 0) is 31.2 Å². The van der Waals surface area contributed by atoms with Gasteiger partial charge in [0.25, 0.3) is 5.91 Å². The molecule has 29 heavy (non-hydrogen) atoms. The number of fused-ring (bicyclic) bond motifs is 1. The third-order valence-electron chi connectivity index (χ3n) is 3.66. The van der Waals surface area contributed by atoms with Gasteiger partial charge in [-0.1, -0.05) is 0 Å². The number of carbonyl (C=O) groups excluding carboxylic acids is 3. The van der Waals surface area contributed by atoms with Gasteiger partial charge in [-0.3, -0.25) is 10.1 Å². The molecule has 2 aromatic rings. The van der Waals surface area contributed by atoms with Crippen molar-refractivity contribution in [3.63, 3.8) is 0 Å². The van der Waals surface area contributed by atoms with Crippen LogP contribution in [-0.4, -0.2) is 49.3 Å². The molecule has 0 unspecified atom stereocenters. The van der Waals surface area contributed by atoms with Crippen LogP contribution in [0, 0.1) is 0 Å². The molecule has 0 saturated heterocycles. The number of anilines is 1. The monoisotopic (exact) mass is 401 g/mol. The predicted molar refractivity (Wildman–Crippen MR) is 100 cm³/mol. The fourth-order valence-electron chi connectivity index (χ4n) is 2.45. The molecule has 0 bridgehead atoms. The molecule has 1 aromatic heterocycles. The van der Waals surface area contributed by atoms with Crippen molar-refractivity contribution in [2.45, 2.75) is 6.92 Å². The van der Waals surface area contributed by atoms with Gasteiger partial charge in [0.15, 0.2) is 18.1 Å². The zero-order valence-electron chi connectivity index (χ0n) is 15.6. The molecule has 0 saturated carbocycles. The van der Waals surface area contributed by atoms with Crippen molar-refractivity contribution in [2.24, 2.45) is 0 Å². The lowest BCUT2D eigenvalue weighted by Crippen LogP contribution is -2.37. The summed E-state index contributed by atoms with van der Waals surface area (Å²) in [5.41, 5.74) is 0.496. The van der Waals surface area contributed by atoms with Crippen molar-refractivity contribution in [3.05, 3.63) is 42.1 Å². The minimum absolute atomic E-state index is 0.0860. The van der Waals surface area contributed by atoms with Gasteiger partial charge in [0.1, 0.15) is 18.8 Å².